The number of nitrogens with one attached hydrogen (secondary N) is 1. The van der Waals surface area contributed by atoms with E-state index < -0.39 is 5.97 Å². The van der Waals surface area contributed by atoms with Crippen molar-refractivity contribution in [2.24, 2.45) is 5.10 Å². The molecule has 0 heterocycles. The Labute approximate surface area is 147 Å². The Bertz CT molecular complexity index is 1080. The first-order chi connectivity index (χ1) is 12.1. The molecule has 0 atom stereocenters. The van der Waals surface area contributed by atoms with Crippen LogP contribution in [0.25, 0.3) is 10.8 Å². The summed E-state index contributed by atoms with van der Waals surface area (Å²) in [6.07, 6.45) is 0. The SMILES string of the molecule is O=C([O-])c1ccc(Cl)c(N/N=C2\C(=O)c3cccc4cccc2c34)c1. The first kappa shape index (κ1) is 15.4. The summed E-state index contributed by atoms with van der Waals surface area (Å²) in [5, 5.41) is 17.3. The van der Waals surface area contributed by atoms with Crippen LogP contribution in [0, 0.1) is 0 Å². The number of carbonyl (C=O) groups excluding carboxylic acids is 2. The van der Waals surface area contributed by atoms with Gasteiger partial charge in [-0.25, -0.2) is 0 Å². The van der Waals surface area contributed by atoms with Gasteiger partial charge in [0.2, 0.25) is 5.78 Å². The van der Waals surface area contributed by atoms with Crippen molar-refractivity contribution in [1.29, 1.82) is 0 Å². The van der Waals surface area contributed by atoms with E-state index in [0.29, 0.717) is 5.56 Å². The smallest absolute Gasteiger partial charge is 0.214 e. The highest BCUT2D eigenvalue weighted by Crippen LogP contribution is 2.31. The lowest BCUT2D eigenvalue weighted by Gasteiger charge is -2.08. The van der Waals surface area contributed by atoms with Gasteiger partial charge in [-0.05, 0) is 23.1 Å². The molecule has 25 heavy (non-hydrogen) atoms. The number of hydrogen-bond donors (Lipinski definition) is 1. The molecule has 3 aromatic rings. The minimum atomic E-state index is -1.32. The van der Waals surface area contributed by atoms with E-state index in [2.05, 4.69) is 10.5 Å². The monoisotopic (exact) mass is 349 g/mol. The molecule has 0 aromatic heterocycles. The van der Waals surface area contributed by atoms with Gasteiger partial charge < -0.3 is 9.90 Å². The molecule has 0 bridgehead atoms. The van der Waals surface area contributed by atoms with Crippen LogP contribution in [-0.2, 0) is 0 Å². The molecule has 1 aliphatic rings. The predicted molar refractivity (Wildman–Crippen MR) is 94.2 cm³/mol. The summed E-state index contributed by atoms with van der Waals surface area (Å²) < 4.78 is 0. The number of halogens is 1. The van der Waals surface area contributed by atoms with Crippen LogP contribution in [0.5, 0.6) is 0 Å². The van der Waals surface area contributed by atoms with Crippen LogP contribution in [0.2, 0.25) is 5.02 Å². The third kappa shape index (κ3) is 2.45. The van der Waals surface area contributed by atoms with Crippen molar-refractivity contribution in [3.05, 3.63) is 76.3 Å². The number of ketones is 1. The topological polar surface area (TPSA) is 81.6 Å². The lowest BCUT2D eigenvalue weighted by Crippen LogP contribution is -2.22. The Morgan fingerprint density at radius 2 is 1.76 bits per heavy atom. The number of hydrazone groups is 1. The van der Waals surface area contributed by atoms with Crippen molar-refractivity contribution in [2.75, 3.05) is 5.43 Å². The van der Waals surface area contributed by atoms with E-state index in [9.17, 15) is 14.7 Å². The molecular formula is C19H10ClN2O3-. The number of nitrogens with zero attached hydrogens (tertiary/aromatic N) is 1. The van der Waals surface area contributed by atoms with Crippen LogP contribution >= 0.6 is 11.6 Å². The number of rotatable bonds is 3. The molecule has 0 saturated heterocycles. The number of aromatic carboxylic acids is 1. The molecule has 0 unspecified atom stereocenters. The number of Topliss-reactive ketones (excluding diaryl/α,β-unsaturated/α-hetero) is 1. The van der Waals surface area contributed by atoms with Gasteiger partial charge in [0, 0.05) is 16.5 Å². The van der Waals surface area contributed by atoms with Crippen molar-refractivity contribution in [2.45, 2.75) is 0 Å². The Kier molecular flexibility index (Phi) is 3.51. The Balaban J connectivity index is 1.77. The molecule has 3 aromatic carbocycles. The van der Waals surface area contributed by atoms with Crippen LogP contribution < -0.4 is 10.5 Å². The lowest BCUT2D eigenvalue weighted by atomic mass is 10.1. The van der Waals surface area contributed by atoms with Crippen LogP contribution in [-0.4, -0.2) is 17.5 Å². The summed E-state index contributed by atoms with van der Waals surface area (Å²) in [6, 6.07) is 15.2. The summed E-state index contributed by atoms with van der Waals surface area (Å²) in [5.41, 5.74) is 4.55. The number of anilines is 1. The van der Waals surface area contributed by atoms with Gasteiger partial charge in [-0.1, -0.05) is 54.1 Å². The van der Waals surface area contributed by atoms with E-state index in [1.165, 1.54) is 18.2 Å². The van der Waals surface area contributed by atoms with Crippen LogP contribution in [0.3, 0.4) is 0 Å². The molecule has 1 aliphatic carbocycles. The van der Waals surface area contributed by atoms with E-state index >= 15 is 0 Å². The molecule has 4 rings (SSSR count). The molecular weight excluding hydrogens is 340 g/mol. The molecule has 0 amide bonds. The lowest BCUT2D eigenvalue weighted by molar-refractivity contribution is -0.255. The highest BCUT2D eigenvalue weighted by Gasteiger charge is 2.28. The van der Waals surface area contributed by atoms with Gasteiger partial charge in [0.05, 0.1) is 16.7 Å². The number of hydrogen-bond acceptors (Lipinski definition) is 5. The quantitative estimate of drug-likeness (QED) is 0.737. The molecule has 0 saturated carbocycles. The number of carboxylic acids is 1. The fraction of sp³-hybridized carbons (Fsp3) is 0. The van der Waals surface area contributed by atoms with E-state index in [0.717, 1.165) is 16.3 Å². The molecule has 122 valence electrons. The van der Waals surface area contributed by atoms with E-state index in [4.69, 9.17) is 11.6 Å². The fourth-order valence-corrected chi connectivity index (χ4v) is 3.10. The first-order valence-electron chi connectivity index (χ1n) is 7.47. The van der Waals surface area contributed by atoms with Gasteiger partial charge >= 0.3 is 0 Å². The van der Waals surface area contributed by atoms with Crippen LogP contribution in [0.1, 0.15) is 26.3 Å². The summed E-state index contributed by atoms with van der Waals surface area (Å²) in [6.45, 7) is 0. The molecule has 0 radical (unpaired) electrons. The largest absolute Gasteiger partial charge is 0.545 e. The van der Waals surface area contributed by atoms with Crippen molar-refractivity contribution in [3.8, 4) is 0 Å². The first-order valence-corrected chi connectivity index (χ1v) is 7.85. The van der Waals surface area contributed by atoms with Crippen molar-refractivity contribution in [1.82, 2.24) is 0 Å². The maximum atomic E-state index is 12.7. The molecule has 5 nitrogen and oxygen atoms in total. The van der Waals surface area contributed by atoms with Gasteiger partial charge in [-0.3, -0.25) is 10.2 Å². The Hall–Kier alpha value is -3.18. The summed E-state index contributed by atoms with van der Waals surface area (Å²) >= 11 is 6.06. The summed E-state index contributed by atoms with van der Waals surface area (Å²) in [5.74, 6) is -1.51. The molecule has 0 fully saturated rings. The maximum absolute atomic E-state index is 12.7. The second-order valence-corrected chi connectivity index (χ2v) is 6.00. The molecule has 0 aliphatic heterocycles. The molecule has 0 spiro atoms. The normalized spacial score (nSPS) is 14.3. The second-order valence-electron chi connectivity index (χ2n) is 5.59. The number of carbonyl (C=O) groups is 2. The molecule has 6 heteroatoms. The molecule has 1 N–H and O–H groups in total. The summed E-state index contributed by atoms with van der Waals surface area (Å²) in [4.78, 5) is 23.6. The van der Waals surface area contributed by atoms with E-state index in [1.807, 2.05) is 30.3 Å². The van der Waals surface area contributed by atoms with Crippen LogP contribution in [0.4, 0.5) is 5.69 Å². The summed E-state index contributed by atoms with van der Waals surface area (Å²) in [7, 11) is 0. The number of benzene rings is 3. The Morgan fingerprint density at radius 3 is 2.48 bits per heavy atom. The maximum Gasteiger partial charge on any atom is 0.214 e. The standard InChI is InChI=1S/C19H11ClN2O3/c20-14-8-7-11(19(24)25)9-15(14)21-22-17-12-5-1-3-10-4-2-6-13(16(10)12)18(17)23/h1-9,21H,(H,24,25)/p-1/b22-17-. The van der Waals surface area contributed by atoms with Gasteiger partial charge in [-0.2, -0.15) is 5.10 Å². The van der Waals surface area contributed by atoms with E-state index in [1.54, 1.807) is 6.07 Å². The highest BCUT2D eigenvalue weighted by molar-refractivity contribution is 6.59. The van der Waals surface area contributed by atoms with Gasteiger partial charge in [0.1, 0.15) is 5.71 Å². The van der Waals surface area contributed by atoms with Gasteiger partial charge in [0.15, 0.2) is 0 Å². The van der Waals surface area contributed by atoms with Crippen molar-refractivity contribution < 1.29 is 14.7 Å². The zero-order chi connectivity index (χ0) is 17.6. The average molecular weight is 350 g/mol. The minimum absolute atomic E-state index is 0.0322. The average Bonchev–Trinajstić information content (AvgIpc) is 2.88. The van der Waals surface area contributed by atoms with Crippen molar-refractivity contribution >= 4 is 45.5 Å². The van der Waals surface area contributed by atoms with Gasteiger partial charge in [-0.15, -0.1) is 0 Å². The minimum Gasteiger partial charge on any atom is -0.545 e. The zero-order valence-corrected chi connectivity index (χ0v) is 13.5. The third-order valence-electron chi connectivity index (χ3n) is 4.11. The Morgan fingerprint density at radius 1 is 1.04 bits per heavy atom. The highest BCUT2D eigenvalue weighted by atomic mass is 35.5. The third-order valence-corrected chi connectivity index (χ3v) is 4.44. The number of carboxylic acid groups (broad SMARTS) is 1. The predicted octanol–water partition coefficient (Wildman–Crippen LogP) is 2.87. The van der Waals surface area contributed by atoms with Crippen molar-refractivity contribution in [3.63, 3.8) is 0 Å². The fourth-order valence-electron chi connectivity index (χ4n) is 2.94. The van der Waals surface area contributed by atoms with E-state index in [-0.39, 0.29) is 27.8 Å². The zero-order valence-electron chi connectivity index (χ0n) is 12.7. The van der Waals surface area contributed by atoms with Gasteiger partial charge in [0.25, 0.3) is 0 Å². The second kappa shape index (κ2) is 5.72. The van der Waals surface area contributed by atoms with Crippen LogP contribution in [0.15, 0.2) is 59.7 Å².